The van der Waals surface area contributed by atoms with Crippen molar-refractivity contribution in [2.24, 2.45) is 5.92 Å². The Morgan fingerprint density at radius 3 is 2.35 bits per heavy atom. The molecule has 23 heavy (non-hydrogen) atoms. The van der Waals surface area contributed by atoms with Crippen molar-refractivity contribution >= 4 is 11.9 Å². The van der Waals surface area contributed by atoms with Crippen LogP contribution in [0.4, 0.5) is 13.2 Å². The molecular formula is C15H20F3NO4. The fourth-order valence-corrected chi connectivity index (χ4v) is 2.65. The van der Waals surface area contributed by atoms with Crippen molar-refractivity contribution in [3.63, 3.8) is 0 Å². The highest BCUT2D eigenvalue weighted by Gasteiger charge is 2.45. The molecule has 0 aromatic heterocycles. The van der Waals surface area contributed by atoms with Gasteiger partial charge in [0.25, 0.3) is 0 Å². The summed E-state index contributed by atoms with van der Waals surface area (Å²) in [5.41, 5.74) is -2.10. The van der Waals surface area contributed by atoms with Crippen molar-refractivity contribution < 1.29 is 32.6 Å². The van der Waals surface area contributed by atoms with Gasteiger partial charge in [-0.05, 0) is 25.7 Å². The standard InChI is InChI=1S/C15H20F3NO4/c1-4-11(14(21)22)13(15(16,17)18)19(3)10-6-9(7-10)8-12(20)23-5-2/h4,9-10H,1,5-8H2,2-3H3,(H,21,22). The molecule has 1 saturated carbocycles. The molecule has 0 aliphatic heterocycles. The van der Waals surface area contributed by atoms with Gasteiger partial charge in [-0.15, -0.1) is 0 Å². The number of nitrogens with zero attached hydrogens (tertiary/aromatic N) is 1. The Hall–Kier alpha value is -1.99. The second-order valence-electron chi connectivity index (χ2n) is 5.38. The predicted octanol–water partition coefficient (Wildman–Crippen LogP) is 2.74. The maximum atomic E-state index is 13.2. The Morgan fingerprint density at radius 1 is 1.39 bits per heavy atom. The number of carboxylic acids is 1. The summed E-state index contributed by atoms with van der Waals surface area (Å²) in [5, 5.41) is 8.94. The number of allylic oxidation sites excluding steroid dienone is 1. The molecular weight excluding hydrogens is 315 g/mol. The molecule has 0 spiro atoms. The van der Waals surface area contributed by atoms with E-state index in [4.69, 9.17) is 9.84 Å². The Morgan fingerprint density at radius 2 is 1.96 bits per heavy atom. The third-order valence-electron chi connectivity index (χ3n) is 3.83. The predicted molar refractivity (Wildman–Crippen MR) is 76.4 cm³/mol. The van der Waals surface area contributed by atoms with Gasteiger partial charge in [0.1, 0.15) is 5.70 Å². The average Bonchev–Trinajstić information content (AvgIpc) is 2.37. The van der Waals surface area contributed by atoms with Gasteiger partial charge in [-0.1, -0.05) is 12.7 Å². The van der Waals surface area contributed by atoms with E-state index in [1.807, 2.05) is 0 Å². The molecule has 0 aromatic carbocycles. The molecule has 8 heteroatoms. The minimum absolute atomic E-state index is 0.0482. The quantitative estimate of drug-likeness (QED) is 0.440. The lowest BCUT2D eigenvalue weighted by Gasteiger charge is -2.43. The van der Waals surface area contributed by atoms with E-state index in [0.717, 1.165) is 4.90 Å². The zero-order chi connectivity index (χ0) is 17.8. The fourth-order valence-electron chi connectivity index (χ4n) is 2.65. The monoisotopic (exact) mass is 335 g/mol. The highest BCUT2D eigenvalue weighted by Crippen LogP contribution is 2.40. The molecule has 0 radical (unpaired) electrons. The molecule has 1 aliphatic rings. The van der Waals surface area contributed by atoms with Crippen LogP contribution in [-0.4, -0.2) is 47.8 Å². The molecule has 0 aromatic rings. The lowest BCUT2D eigenvalue weighted by Crippen LogP contribution is -2.46. The molecule has 130 valence electrons. The minimum atomic E-state index is -4.80. The molecule has 0 amide bonds. The lowest BCUT2D eigenvalue weighted by molar-refractivity contribution is -0.146. The maximum Gasteiger partial charge on any atom is 0.431 e. The number of esters is 1. The van der Waals surface area contributed by atoms with Gasteiger partial charge in [-0.2, -0.15) is 13.2 Å². The van der Waals surface area contributed by atoms with Crippen LogP contribution >= 0.6 is 0 Å². The topological polar surface area (TPSA) is 66.8 Å². The smallest absolute Gasteiger partial charge is 0.431 e. The van der Waals surface area contributed by atoms with Gasteiger partial charge in [0, 0.05) is 19.5 Å². The van der Waals surface area contributed by atoms with E-state index in [2.05, 4.69) is 6.58 Å². The molecule has 1 fully saturated rings. The number of rotatable bonds is 7. The second kappa shape index (κ2) is 7.52. The van der Waals surface area contributed by atoms with Gasteiger partial charge in [0.2, 0.25) is 0 Å². The Balaban J connectivity index is 2.83. The SMILES string of the molecule is C=CC(C(=O)O)=C(N(C)C1CC(CC(=O)OCC)C1)C(F)(F)F. The highest BCUT2D eigenvalue weighted by atomic mass is 19.4. The highest BCUT2D eigenvalue weighted by molar-refractivity contribution is 5.90. The number of carboxylic acid groups (broad SMARTS) is 1. The minimum Gasteiger partial charge on any atom is -0.478 e. The Labute approximate surface area is 132 Å². The van der Waals surface area contributed by atoms with Gasteiger partial charge in [-0.25, -0.2) is 4.79 Å². The fraction of sp³-hybridized carbons (Fsp3) is 0.600. The van der Waals surface area contributed by atoms with Crippen LogP contribution in [0.15, 0.2) is 23.9 Å². The largest absolute Gasteiger partial charge is 0.478 e. The van der Waals surface area contributed by atoms with Crippen LogP contribution in [0.1, 0.15) is 26.2 Å². The Kier molecular flexibility index (Phi) is 6.23. The lowest BCUT2D eigenvalue weighted by atomic mass is 9.77. The summed E-state index contributed by atoms with van der Waals surface area (Å²) in [4.78, 5) is 23.3. The van der Waals surface area contributed by atoms with E-state index < -0.39 is 29.5 Å². The van der Waals surface area contributed by atoms with Crippen LogP contribution in [-0.2, 0) is 14.3 Å². The van der Waals surface area contributed by atoms with Gasteiger partial charge < -0.3 is 14.7 Å². The number of ether oxygens (including phenoxy) is 1. The summed E-state index contributed by atoms with van der Waals surface area (Å²) in [7, 11) is 1.21. The van der Waals surface area contributed by atoms with Crippen molar-refractivity contribution in [2.45, 2.75) is 38.4 Å². The molecule has 0 atom stereocenters. The molecule has 0 saturated heterocycles. The molecule has 0 unspecified atom stereocenters. The van der Waals surface area contributed by atoms with Crippen LogP contribution in [0.5, 0.6) is 0 Å². The zero-order valence-corrected chi connectivity index (χ0v) is 13.0. The summed E-state index contributed by atoms with van der Waals surface area (Å²) in [6.45, 7) is 5.09. The first-order chi connectivity index (χ1) is 10.6. The summed E-state index contributed by atoms with van der Waals surface area (Å²) in [6.07, 6.45) is -3.20. The van der Waals surface area contributed by atoms with Crippen molar-refractivity contribution in [3.8, 4) is 0 Å². The van der Waals surface area contributed by atoms with E-state index in [1.165, 1.54) is 7.05 Å². The molecule has 0 heterocycles. The number of alkyl halides is 3. The van der Waals surface area contributed by atoms with Crippen molar-refractivity contribution in [2.75, 3.05) is 13.7 Å². The van der Waals surface area contributed by atoms with Gasteiger partial charge >= 0.3 is 18.1 Å². The van der Waals surface area contributed by atoms with Gasteiger partial charge in [0.15, 0.2) is 0 Å². The van der Waals surface area contributed by atoms with E-state index in [9.17, 15) is 22.8 Å². The van der Waals surface area contributed by atoms with Crippen molar-refractivity contribution in [1.29, 1.82) is 0 Å². The summed E-state index contributed by atoms with van der Waals surface area (Å²) < 4.78 is 44.4. The number of hydrogen-bond acceptors (Lipinski definition) is 4. The van der Waals surface area contributed by atoms with Crippen LogP contribution < -0.4 is 0 Å². The van der Waals surface area contributed by atoms with Crippen LogP contribution in [0.3, 0.4) is 0 Å². The second-order valence-corrected chi connectivity index (χ2v) is 5.38. The third-order valence-corrected chi connectivity index (χ3v) is 3.83. The number of carbonyl (C=O) groups is 2. The summed E-state index contributed by atoms with van der Waals surface area (Å²) in [6, 6.07) is -0.472. The van der Waals surface area contributed by atoms with Crippen molar-refractivity contribution in [3.05, 3.63) is 23.9 Å². The number of halogens is 3. The van der Waals surface area contributed by atoms with E-state index in [1.54, 1.807) is 6.92 Å². The molecule has 1 N–H and O–H groups in total. The summed E-state index contributed by atoms with van der Waals surface area (Å²) in [5.74, 6) is -2.10. The maximum absolute atomic E-state index is 13.2. The average molecular weight is 335 g/mol. The third kappa shape index (κ3) is 4.74. The van der Waals surface area contributed by atoms with E-state index in [0.29, 0.717) is 18.9 Å². The van der Waals surface area contributed by atoms with Crippen molar-refractivity contribution in [1.82, 2.24) is 4.90 Å². The molecule has 1 rings (SSSR count). The number of aliphatic carboxylic acids is 1. The first-order valence-electron chi connectivity index (χ1n) is 7.17. The van der Waals surface area contributed by atoms with Gasteiger partial charge in [-0.3, -0.25) is 4.79 Å². The summed E-state index contributed by atoms with van der Waals surface area (Å²) >= 11 is 0. The Bertz CT molecular complexity index is 507. The molecule has 0 bridgehead atoms. The zero-order valence-electron chi connectivity index (χ0n) is 13.0. The first kappa shape index (κ1) is 19.1. The normalized spacial score (nSPS) is 21.8. The molecule has 5 nitrogen and oxygen atoms in total. The first-order valence-corrected chi connectivity index (χ1v) is 7.17. The molecule has 1 aliphatic carbocycles. The number of carbonyl (C=O) groups excluding carboxylic acids is 1. The van der Waals surface area contributed by atoms with E-state index in [-0.39, 0.29) is 24.9 Å². The van der Waals surface area contributed by atoms with Crippen LogP contribution in [0.25, 0.3) is 0 Å². The number of hydrogen-bond donors (Lipinski definition) is 1. The van der Waals surface area contributed by atoms with Crippen LogP contribution in [0, 0.1) is 5.92 Å². The van der Waals surface area contributed by atoms with E-state index >= 15 is 0 Å². The van der Waals surface area contributed by atoms with Gasteiger partial charge in [0.05, 0.1) is 12.2 Å². The van der Waals surface area contributed by atoms with Crippen LogP contribution in [0.2, 0.25) is 0 Å².